The van der Waals surface area contributed by atoms with Gasteiger partial charge in [0.25, 0.3) is 0 Å². The van der Waals surface area contributed by atoms with Crippen LogP contribution in [0.4, 0.5) is 4.39 Å². The lowest BCUT2D eigenvalue weighted by Gasteiger charge is -2.17. The molecule has 1 unspecified atom stereocenters. The number of amides is 2. The zero-order valence-corrected chi connectivity index (χ0v) is 18.1. The zero-order chi connectivity index (χ0) is 22.3. The number of nitrogens with one attached hydrogen (secondary N) is 2. The lowest BCUT2D eigenvalue weighted by Crippen LogP contribution is -2.42. The van der Waals surface area contributed by atoms with Gasteiger partial charge in [-0.2, -0.15) is 0 Å². The van der Waals surface area contributed by atoms with Gasteiger partial charge in [0.15, 0.2) is 9.84 Å². The fraction of sp³-hybridized carbons (Fsp3) is 0.182. The predicted molar refractivity (Wildman–Crippen MR) is 117 cm³/mol. The summed E-state index contributed by atoms with van der Waals surface area (Å²) < 4.78 is 39.1. The van der Waals surface area contributed by atoms with Crippen molar-refractivity contribution in [1.29, 1.82) is 0 Å². The van der Waals surface area contributed by atoms with Gasteiger partial charge >= 0.3 is 11.8 Å². The number of rotatable bonds is 8. The Hall–Kier alpha value is -3.04. The number of hydrogen-bond acceptors (Lipinski definition) is 5. The molecule has 0 radical (unpaired) electrons. The molecule has 31 heavy (non-hydrogen) atoms. The summed E-state index contributed by atoms with van der Waals surface area (Å²) in [6.07, 6.45) is 0.430. The molecule has 1 heterocycles. The van der Waals surface area contributed by atoms with Gasteiger partial charge in [-0.1, -0.05) is 36.4 Å². The van der Waals surface area contributed by atoms with E-state index in [1.807, 2.05) is 0 Å². The maximum absolute atomic E-state index is 13.1. The molecule has 2 N–H and O–H groups in total. The molecule has 162 valence electrons. The highest BCUT2D eigenvalue weighted by Gasteiger charge is 2.31. The molecule has 6 nitrogen and oxygen atoms in total. The van der Waals surface area contributed by atoms with Gasteiger partial charge in [-0.3, -0.25) is 9.59 Å². The topological polar surface area (TPSA) is 92.3 Å². The number of thiophene rings is 1. The quantitative estimate of drug-likeness (QED) is 0.506. The Morgan fingerprint density at radius 1 is 0.903 bits per heavy atom. The highest BCUT2D eigenvalue weighted by Crippen LogP contribution is 2.31. The number of carbonyl (C=O) groups excluding carboxylic acids is 2. The molecular weight excluding hydrogens is 439 g/mol. The summed E-state index contributed by atoms with van der Waals surface area (Å²) in [4.78, 5) is 25.0. The van der Waals surface area contributed by atoms with E-state index in [-0.39, 0.29) is 23.8 Å². The van der Waals surface area contributed by atoms with Crippen LogP contribution in [0, 0.1) is 5.82 Å². The van der Waals surface area contributed by atoms with Gasteiger partial charge in [0.05, 0.1) is 4.90 Å². The van der Waals surface area contributed by atoms with E-state index < -0.39 is 26.9 Å². The molecule has 2 aromatic carbocycles. The second-order valence-corrected chi connectivity index (χ2v) is 9.81. The molecule has 0 aliphatic carbocycles. The van der Waals surface area contributed by atoms with E-state index in [1.165, 1.54) is 35.6 Å². The summed E-state index contributed by atoms with van der Waals surface area (Å²) in [6.45, 7) is -0.0451. The Morgan fingerprint density at radius 2 is 1.58 bits per heavy atom. The number of halogens is 1. The van der Waals surface area contributed by atoms with Crippen LogP contribution in [0.15, 0.2) is 77.0 Å². The van der Waals surface area contributed by atoms with Crippen molar-refractivity contribution in [3.63, 3.8) is 0 Å². The van der Waals surface area contributed by atoms with Crippen LogP contribution in [0.1, 0.15) is 15.7 Å². The Balaban J connectivity index is 1.60. The standard InChI is InChI=1S/C22H21FN2O4S2/c23-17-10-8-16(9-11-17)12-13-24-21(26)22(27)25-15-20(19-7-4-14-30-19)31(28,29)18-5-2-1-3-6-18/h1-11,14,20H,12-13,15H2,(H,24,26)(H,25,27). The molecule has 0 bridgehead atoms. The third-order valence-electron chi connectivity index (χ3n) is 4.57. The maximum atomic E-state index is 13.1. The van der Waals surface area contributed by atoms with E-state index in [2.05, 4.69) is 10.6 Å². The average Bonchev–Trinajstić information content (AvgIpc) is 3.30. The van der Waals surface area contributed by atoms with E-state index in [0.29, 0.717) is 11.3 Å². The first-order chi connectivity index (χ1) is 14.9. The molecule has 0 aliphatic rings. The highest BCUT2D eigenvalue weighted by atomic mass is 32.2. The van der Waals surface area contributed by atoms with Crippen LogP contribution in [-0.4, -0.2) is 33.3 Å². The van der Waals surface area contributed by atoms with E-state index in [9.17, 15) is 22.4 Å². The van der Waals surface area contributed by atoms with Crippen LogP contribution in [0.3, 0.4) is 0 Å². The van der Waals surface area contributed by atoms with Crippen molar-refractivity contribution in [2.24, 2.45) is 0 Å². The summed E-state index contributed by atoms with van der Waals surface area (Å²) in [6, 6.07) is 17.2. The lowest BCUT2D eigenvalue weighted by molar-refractivity contribution is -0.139. The molecular formula is C22H21FN2O4S2. The van der Waals surface area contributed by atoms with Crippen molar-refractivity contribution in [1.82, 2.24) is 10.6 Å². The molecule has 0 spiro atoms. The first-order valence-electron chi connectivity index (χ1n) is 9.51. The predicted octanol–water partition coefficient (Wildman–Crippen LogP) is 2.88. The molecule has 1 atom stereocenters. The van der Waals surface area contributed by atoms with Crippen molar-refractivity contribution in [3.05, 3.63) is 88.4 Å². The van der Waals surface area contributed by atoms with Crippen molar-refractivity contribution in [3.8, 4) is 0 Å². The molecule has 0 aliphatic heterocycles. The summed E-state index contributed by atoms with van der Waals surface area (Å²) in [5.41, 5.74) is 0.814. The number of carbonyl (C=O) groups is 2. The Kier molecular flexibility index (Phi) is 7.54. The lowest BCUT2D eigenvalue weighted by atomic mass is 10.1. The third kappa shape index (κ3) is 5.99. The number of sulfone groups is 1. The van der Waals surface area contributed by atoms with Crippen molar-refractivity contribution in [2.75, 3.05) is 13.1 Å². The Morgan fingerprint density at radius 3 is 2.23 bits per heavy atom. The van der Waals surface area contributed by atoms with Gasteiger partial charge < -0.3 is 10.6 Å². The summed E-state index contributed by atoms with van der Waals surface area (Å²) in [5.74, 6) is -2.12. The zero-order valence-electron chi connectivity index (χ0n) is 16.5. The first-order valence-corrected chi connectivity index (χ1v) is 11.9. The minimum absolute atomic E-state index is 0.145. The first kappa shape index (κ1) is 22.6. The molecule has 9 heteroatoms. The van der Waals surface area contributed by atoms with Crippen molar-refractivity contribution >= 4 is 33.0 Å². The van der Waals surface area contributed by atoms with Gasteiger partial charge in [-0.15, -0.1) is 11.3 Å². The maximum Gasteiger partial charge on any atom is 0.309 e. The van der Waals surface area contributed by atoms with Crippen LogP contribution in [0.5, 0.6) is 0 Å². The molecule has 0 saturated heterocycles. The third-order valence-corrected chi connectivity index (χ3v) is 7.81. The second-order valence-electron chi connectivity index (χ2n) is 6.70. The smallest absolute Gasteiger partial charge is 0.309 e. The van der Waals surface area contributed by atoms with Gasteiger partial charge in [0.1, 0.15) is 11.1 Å². The molecule has 3 aromatic rings. The fourth-order valence-corrected chi connectivity index (χ4v) is 5.73. The minimum Gasteiger partial charge on any atom is -0.348 e. The summed E-state index contributed by atoms with van der Waals surface area (Å²) in [5, 5.41) is 5.66. The largest absolute Gasteiger partial charge is 0.348 e. The van der Waals surface area contributed by atoms with Gasteiger partial charge in [0.2, 0.25) is 0 Å². The average molecular weight is 461 g/mol. The van der Waals surface area contributed by atoms with Gasteiger partial charge in [0, 0.05) is 18.0 Å². The van der Waals surface area contributed by atoms with E-state index >= 15 is 0 Å². The van der Waals surface area contributed by atoms with Gasteiger partial charge in [-0.05, 0) is 47.7 Å². The monoisotopic (exact) mass is 460 g/mol. The minimum atomic E-state index is -3.77. The summed E-state index contributed by atoms with van der Waals surface area (Å²) >= 11 is 1.27. The fourth-order valence-electron chi connectivity index (χ4n) is 2.93. The van der Waals surface area contributed by atoms with Crippen LogP contribution in [-0.2, 0) is 25.8 Å². The van der Waals surface area contributed by atoms with Crippen LogP contribution < -0.4 is 10.6 Å². The van der Waals surface area contributed by atoms with Crippen molar-refractivity contribution in [2.45, 2.75) is 16.6 Å². The van der Waals surface area contributed by atoms with E-state index in [0.717, 1.165) is 5.56 Å². The number of benzene rings is 2. The molecule has 0 saturated carbocycles. The van der Waals surface area contributed by atoms with Crippen LogP contribution >= 0.6 is 11.3 Å². The number of hydrogen-bond donors (Lipinski definition) is 2. The second kappa shape index (κ2) is 10.3. The van der Waals surface area contributed by atoms with Gasteiger partial charge in [-0.25, -0.2) is 12.8 Å². The van der Waals surface area contributed by atoms with Crippen LogP contribution in [0.25, 0.3) is 0 Å². The highest BCUT2D eigenvalue weighted by molar-refractivity contribution is 7.91. The Bertz CT molecular complexity index is 1120. The molecule has 2 amide bonds. The van der Waals surface area contributed by atoms with E-state index in [4.69, 9.17) is 0 Å². The molecule has 0 fully saturated rings. The Labute approximate surface area is 184 Å². The molecule has 1 aromatic heterocycles. The van der Waals surface area contributed by atoms with Crippen LogP contribution in [0.2, 0.25) is 0 Å². The molecule has 3 rings (SSSR count). The van der Waals surface area contributed by atoms with Crippen molar-refractivity contribution < 1.29 is 22.4 Å². The summed E-state index contributed by atoms with van der Waals surface area (Å²) in [7, 11) is -3.77. The normalized spacial score (nSPS) is 12.2. The SMILES string of the molecule is O=C(NCCc1ccc(F)cc1)C(=O)NCC(c1cccs1)S(=O)(=O)c1ccccc1. The van der Waals surface area contributed by atoms with E-state index in [1.54, 1.807) is 47.8 Å².